The summed E-state index contributed by atoms with van der Waals surface area (Å²) in [5, 5.41) is 0.619. The molecule has 2 rings (SSSR count). The van der Waals surface area contributed by atoms with Crippen LogP contribution in [0.25, 0.3) is 5.95 Å². The zero-order valence-electron chi connectivity index (χ0n) is 9.95. The predicted octanol–water partition coefficient (Wildman–Crippen LogP) is 1.53. The third kappa shape index (κ3) is 3.16. The third-order valence-corrected chi connectivity index (χ3v) is 2.73. The van der Waals surface area contributed by atoms with Gasteiger partial charge in [0.15, 0.2) is 5.16 Å². The molecule has 0 unspecified atom stereocenters. The minimum atomic E-state index is 0.0278. The number of nitrogens with zero attached hydrogens (tertiary/aromatic N) is 5. The minimum Gasteiger partial charge on any atom is -0.368 e. The number of hydrogen-bond acceptors (Lipinski definition) is 6. The molecule has 0 saturated carbocycles. The van der Waals surface area contributed by atoms with Crippen LogP contribution in [0, 0.1) is 0 Å². The molecule has 0 amide bonds. The van der Waals surface area contributed by atoms with Crippen LogP contribution >= 0.6 is 11.8 Å². The molecule has 90 valence electrons. The van der Waals surface area contributed by atoms with E-state index < -0.39 is 0 Å². The topological polar surface area (TPSA) is 82.5 Å². The summed E-state index contributed by atoms with van der Waals surface area (Å²) in [7, 11) is 0. The van der Waals surface area contributed by atoms with Gasteiger partial charge in [-0.3, -0.25) is 4.57 Å². The van der Waals surface area contributed by atoms with Gasteiger partial charge in [0.1, 0.15) is 6.33 Å². The van der Waals surface area contributed by atoms with Crippen molar-refractivity contribution < 1.29 is 0 Å². The lowest BCUT2D eigenvalue weighted by atomic mass is 10.3. The first-order chi connectivity index (χ1) is 7.94. The summed E-state index contributed by atoms with van der Waals surface area (Å²) in [6.07, 6.45) is 5.05. The molecule has 2 aromatic rings. The highest BCUT2D eigenvalue weighted by molar-refractivity contribution is 8.00. The van der Waals surface area contributed by atoms with Crippen LogP contribution in [0.5, 0.6) is 0 Å². The summed E-state index contributed by atoms with van der Waals surface area (Å²) in [6, 6.07) is 0. The molecule has 0 radical (unpaired) electrons. The Hall–Kier alpha value is -1.63. The first kappa shape index (κ1) is 11.8. The van der Waals surface area contributed by atoms with E-state index in [2.05, 4.69) is 40.7 Å². The molecule has 0 saturated heterocycles. The van der Waals surface area contributed by atoms with Gasteiger partial charge in [-0.25, -0.2) is 4.98 Å². The summed E-state index contributed by atoms with van der Waals surface area (Å²) in [5.74, 6) is 0.706. The fourth-order valence-corrected chi connectivity index (χ4v) is 1.99. The normalized spacial score (nSPS) is 11.7. The monoisotopic (exact) mass is 250 g/mol. The van der Waals surface area contributed by atoms with Gasteiger partial charge in [0.2, 0.25) is 11.9 Å². The first-order valence-electron chi connectivity index (χ1n) is 5.13. The molecule has 0 aliphatic rings. The number of hydrogen-bond donors (Lipinski definition) is 1. The summed E-state index contributed by atoms with van der Waals surface area (Å²) >= 11 is 1.55. The number of nitrogens with two attached hydrogens (primary N) is 1. The van der Waals surface area contributed by atoms with Gasteiger partial charge in [-0.05, 0) is 0 Å². The highest BCUT2D eigenvalue weighted by Crippen LogP contribution is 2.29. The molecule has 0 fully saturated rings. The maximum Gasteiger partial charge on any atom is 0.240 e. The standard InChI is InChI=1S/C10H14N6S/c1-10(2,3)17-9-14-7(11)13-8(15-9)16-5-4-12-6-16/h4-6H,1-3H3,(H2,11,13,14,15). The lowest BCUT2D eigenvalue weighted by Gasteiger charge is -2.16. The van der Waals surface area contributed by atoms with Gasteiger partial charge >= 0.3 is 0 Å². The van der Waals surface area contributed by atoms with Crippen molar-refractivity contribution in [3.05, 3.63) is 18.7 Å². The van der Waals surface area contributed by atoms with E-state index in [1.54, 1.807) is 35.0 Å². The minimum absolute atomic E-state index is 0.0278. The van der Waals surface area contributed by atoms with Crippen molar-refractivity contribution in [3.63, 3.8) is 0 Å². The van der Waals surface area contributed by atoms with E-state index in [9.17, 15) is 0 Å². The molecule has 2 N–H and O–H groups in total. The number of anilines is 1. The zero-order valence-corrected chi connectivity index (χ0v) is 10.8. The predicted molar refractivity (Wildman–Crippen MR) is 67.0 cm³/mol. The molecule has 2 heterocycles. The van der Waals surface area contributed by atoms with Crippen molar-refractivity contribution >= 4 is 17.7 Å². The molecule has 17 heavy (non-hydrogen) atoms. The molecule has 0 aliphatic heterocycles. The number of aromatic nitrogens is 5. The maximum atomic E-state index is 5.68. The van der Waals surface area contributed by atoms with Crippen molar-refractivity contribution in [1.29, 1.82) is 0 Å². The van der Waals surface area contributed by atoms with Crippen LogP contribution in [0.15, 0.2) is 23.9 Å². The van der Waals surface area contributed by atoms with Gasteiger partial charge in [-0.15, -0.1) is 0 Å². The fourth-order valence-electron chi connectivity index (χ4n) is 1.17. The summed E-state index contributed by atoms with van der Waals surface area (Å²) < 4.78 is 1.73. The Morgan fingerprint density at radius 1 is 1.24 bits per heavy atom. The molecule has 6 nitrogen and oxygen atoms in total. The maximum absolute atomic E-state index is 5.68. The molecule has 0 bridgehead atoms. The van der Waals surface area contributed by atoms with Crippen molar-refractivity contribution in [1.82, 2.24) is 24.5 Å². The average molecular weight is 250 g/mol. The van der Waals surface area contributed by atoms with Crippen molar-refractivity contribution in [2.45, 2.75) is 30.7 Å². The molecule has 7 heteroatoms. The SMILES string of the molecule is CC(C)(C)Sc1nc(N)nc(-n2ccnc2)n1. The van der Waals surface area contributed by atoms with Crippen LogP contribution in [0.1, 0.15) is 20.8 Å². The average Bonchev–Trinajstić information content (AvgIpc) is 2.65. The Kier molecular flexibility index (Phi) is 3.01. The Morgan fingerprint density at radius 3 is 2.59 bits per heavy atom. The van der Waals surface area contributed by atoms with E-state index in [1.165, 1.54) is 0 Å². The summed E-state index contributed by atoms with van der Waals surface area (Å²) in [5.41, 5.74) is 5.68. The van der Waals surface area contributed by atoms with Crippen LogP contribution in [0.4, 0.5) is 5.95 Å². The van der Waals surface area contributed by atoms with Crippen molar-refractivity contribution in [2.24, 2.45) is 0 Å². The molecular weight excluding hydrogens is 236 g/mol. The van der Waals surface area contributed by atoms with E-state index >= 15 is 0 Å². The number of rotatable bonds is 2. The third-order valence-electron chi connectivity index (χ3n) is 1.75. The van der Waals surface area contributed by atoms with Gasteiger partial charge in [0.05, 0.1) is 0 Å². The van der Waals surface area contributed by atoms with E-state index in [1.807, 2.05) is 0 Å². The lowest BCUT2D eigenvalue weighted by Crippen LogP contribution is -2.11. The van der Waals surface area contributed by atoms with E-state index in [-0.39, 0.29) is 10.7 Å². The van der Waals surface area contributed by atoms with E-state index in [4.69, 9.17) is 5.73 Å². The van der Waals surface area contributed by atoms with Gasteiger partial charge in [0, 0.05) is 17.1 Å². The Bertz CT molecular complexity index is 502. The first-order valence-corrected chi connectivity index (χ1v) is 5.94. The Balaban J connectivity index is 2.36. The van der Waals surface area contributed by atoms with Gasteiger partial charge in [-0.1, -0.05) is 32.5 Å². The van der Waals surface area contributed by atoms with Crippen LogP contribution in [-0.2, 0) is 0 Å². The highest BCUT2D eigenvalue weighted by Gasteiger charge is 2.16. The number of imidazole rings is 1. The second kappa shape index (κ2) is 4.33. The molecule has 0 aliphatic carbocycles. The number of thioether (sulfide) groups is 1. The lowest BCUT2D eigenvalue weighted by molar-refractivity contribution is 0.779. The van der Waals surface area contributed by atoms with Crippen LogP contribution in [-0.4, -0.2) is 29.3 Å². The Labute approximate surface area is 104 Å². The fraction of sp³-hybridized carbons (Fsp3) is 0.400. The van der Waals surface area contributed by atoms with Crippen LogP contribution in [0.3, 0.4) is 0 Å². The molecule has 0 spiro atoms. The van der Waals surface area contributed by atoms with Gasteiger partial charge < -0.3 is 5.73 Å². The smallest absolute Gasteiger partial charge is 0.240 e. The van der Waals surface area contributed by atoms with E-state index in [0.717, 1.165) is 0 Å². The van der Waals surface area contributed by atoms with Crippen molar-refractivity contribution in [3.8, 4) is 5.95 Å². The highest BCUT2D eigenvalue weighted by atomic mass is 32.2. The summed E-state index contributed by atoms with van der Waals surface area (Å²) in [6.45, 7) is 6.28. The van der Waals surface area contributed by atoms with Crippen LogP contribution < -0.4 is 5.73 Å². The molecule has 0 atom stereocenters. The van der Waals surface area contributed by atoms with Gasteiger partial charge in [0.25, 0.3) is 0 Å². The second-order valence-electron chi connectivity index (χ2n) is 4.46. The number of nitrogen functional groups attached to an aromatic ring is 1. The van der Waals surface area contributed by atoms with Crippen LogP contribution in [0.2, 0.25) is 0 Å². The molecule has 0 aromatic carbocycles. The van der Waals surface area contributed by atoms with E-state index in [0.29, 0.717) is 11.1 Å². The largest absolute Gasteiger partial charge is 0.368 e. The Morgan fingerprint density at radius 2 is 2.00 bits per heavy atom. The van der Waals surface area contributed by atoms with Crippen molar-refractivity contribution in [2.75, 3.05) is 5.73 Å². The second-order valence-corrected chi connectivity index (χ2v) is 6.25. The molecular formula is C10H14N6S. The zero-order chi connectivity index (χ0) is 12.5. The summed E-state index contributed by atoms with van der Waals surface area (Å²) in [4.78, 5) is 16.5. The molecule has 2 aromatic heterocycles. The quantitative estimate of drug-likeness (QED) is 0.814. The van der Waals surface area contributed by atoms with Gasteiger partial charge in [-0.2, -0.15) is 15.0 Å².